The van der Waals surface area contributed by atoms with E-state index < -0.39 is 9.84 Å². The van der Waals surface area contributed by atoms with Crippen molar-refractivity contribution in [3.05, 3.63) is 65.2 Å². The highest BCUT2D eigenvalue weighted by atomic mass is 32.2. The number of hydrogen-bond donors (Lipinski definition) is 0. The zero-order valence-corrected chi connectivity index (χ0v) is 19.6. The lowest BCUT2D eigenvalue weighted by Gasteiger charge is -2.29. The molecule has 31 heavy (non-hydrogen) atoms. The highest BCUT2D eigenvalue weighted by Crippen LogP contribution is 2.43. The number of anilines is 1. The van der Waals surface area contributed by atoms with Gasteiger partial charge < -0.3 is 4.90 Å². The number of rotatable bonds is 6. The summed E-state index contributed by atoms with van der Waals surface area (Å²) in [4.78, 5) is 19.3. The number of carbonyl (C=O) groups excluding carboxylic acids is 1. The number of aryl methyl sites for hydroxylation is 3. The van der Waals surface area contributed by atoms with E-state index in [4.69, 9.17) is 0 Å². The summed E-state index contributed by atoms with van der Waals surface area (Å²) in [5.74, 6) is 0.0979. The van der Waals surface area contributed by atoms with Crippen molar-refractivity contribution in [1.29, 1.82) is 0 Å². The Morgan fingerprint density at radius 1 is 1.03 bits per heavy atom. The van der Waals surface area contributed by atoms with E-state index in [0.29, 0.717) is 18.0 Å². The normalized spacial score (nSPS) is 23.3. The summed E-state index contributed by atoms with van der Waals surface area (Å²) in [6, 6.07) is 16.0. The summed E-state index contributed by atoms with van der Waals surface area (Å²) in [6.07, 6.45) is 2.66. The minimum Gasteiger partial charge on any atom is -0.315 e. The maximum Gasteiger partial charge on any atom is 0.248 e. The zero-order chi connectivity index (χ0) is 22.0. The van der Waals surface area contributed by atoms with Gasteiger partial charge in [0.25, 0.3) is 0 Å². The Morgan fingerprint density at radius 2 is 1.71 bits per heavy atom. The number of carbonyl (C=O) groups is 1. The highest BCUT2D eigenvalue weighted by Gasteiger charge is 2.50. The molecule has 0 radical (unpaired) electrons. The van der Waals surface area contributed by atoms with E-state index in [-0.39, 0.29) is 28.7 Å². The predicted molar refractivity (Wildman–Crippen MR) is 129 cm³/mol. The third kappa shape index (κ3) is 4.72. The smallest absolute Gasteiger partial charge is 0.248 e. The monoisotopic (exact) mass is 456 g/mol. The highest BCUT2D eigenvalue weighted by molar-refractivity contribution is 8.16. The van der Waals surface area contributed by atoms with Gasteiger partial charge >= 0.3 is 0 Å². The number of aliphatic imine (C=N–C) groups is 1. The van der Waals surface area contributed by atoms with Crippen LogP contribution in [0, 0.1) is 0 Å². The van der Waals surface area contributed by atoms with Gasteiger partial charge in [-0.25, -0.2) is 8.42 Å². The van der Waals surface area contributed by atoms with Crippen LogP contribution in [0.25, 0.3) is 0 Å². The first-order valence-electron chi connectivity index (χ1n) is 10.8. The van der Waals surface area contributed by atoms with Gasteiger partial charge in [-0.1, -0.05) is 74.1 Å². The van der Waals surface area contributed by atoms with E-state index >= 15 is 0 Å². The third-order valence-electron chi connectivity index (χ3n) is 5.96. The third-order valence-corrected chi connectivity index (χ3v) is 9.17. The van der Waals surface area contributed by atoms with Gasteiger partial charge in [0.1, 0.15) is 0 Å². The van der Waals surface area contributed by atoms with E-state index in [1.165, 1.54) is 11.8 Å². The molecule has 164 valence electrons. The van der Waals surface area contributed by atoms with Gasteiger partial charge in [-0.2, -0.15) is 4.99 Å². The van der Waals surface area contributed by atoms with Crippen molar-refractivity contribution in [1.82, 2.24) is 0 Å². The van der Waals surface area contributed by atoms with Crippen molar-refractivity contribution < 1.29 is 13.2 Å². The number of para-hydroxylation sites is 1. The average Bonchev–Trinajstić information content (AvgIpc) is 3.22. The van der Waals surface area contributed by atoms with Crippen molar-refractivity contribution in [2.45, 2.75) is 50.8 Å². The molecule has 0 N–H and O–H groups in total. The summed E-state index contributed by atoms with van der Waals surface area (Å²) in [6.45, 7) is 4.21. The van der Waals surface area contributed by atoms with Gasteiger partial charge in [0, 0.05) is 17.4 Å². The lowest BCUT2D eigenvalue weighted by atomic mass is 10.0. The van der Waals surface area contributed by atoms with Crippen molar-refractivity contribution in [2.75, 3.05) is 16.4 Å². The molecular formula is C24H28N2O3S2. The number of nitrogens with zero attached hydrogens (tertiary/aromatic N) is 2. The fourth-order valence-electron chi connectivity index (χ4n) is 4.41. The van der Waals surface area contributed by atoms with Gasteiger partial charge in [-0.05, 0) is 36.0 Å². The fraction of sp³-hybridized carbons (Fsp3) is 0.417. The summed E-state index contributed by atoms with van der Waals surface area (Å²) >= 11 is 1.45. The average molecular weight is 457 g/mol. The topological polar surface area (TPSA) is 66.8 Å². The second-order valence-electron chi connectivity index (χ2n) is 8.08. The van der Waals surface area contributed by atoms with E-state index in [1.54, 1.807) is 0 Å². The molecule has 2 aromatic rings. The van der Waals surface area contributed by atoms with Crippen LogP contribution in [0.3, 0.4) is 0 Å². The van der Waals surface area contributed by atoms with E-state index in [2.05, 4.69) is 41.9 Å². The Labute approximate surface area is 188 Å². The predicted octanol–water partition coefficient (Wildman–Crippen LogP) is 4.05. The Morgan fingerprint density at radius 3 is 2.35 bits per heavy atom. The van der Waals surface area contributed by atoms with Crippen LogP contribution in [-0.2, 0) is 33.9 Å². The number of amides is 1. The molecule has 7 heteroatoms. The molecule has 2 saturated heterocycles. The van der Waals surface area contributed by atoms with Gasteiger partial charge in [-0.15, -0.1) is 0 Å². The summed E-state index contributed by atoms with van der Waals surface area (Å²) in [7, 11) is -3.09. The standard InChI is InChI=1S/C24H28N2O3S2/c1-3-18-11-8-12-19(4-2)23(18)26-20-15-31(28,29)16-21(20)30-24(26)25-22(27)14-13-17-9-6-5-7-10-17/h5-12,20-21H,3-4,13-16H2,1-2H3. The van der Waals surface area contributed by atoms with Crippen molar-refractivity contribution in [3.8, 4) is 0 Å². The number of fused-ring (bicyclic) bond motifs is 1. The van der Waals surface area contributed by atoms with Crippen LogP contribution in [0.15, 0.2) is 53.5 Å². The fourth-order valence-corrected chi connectivity index (χ4v) is 8.33. The van der Waals surface area contributed by atoms with Crippen molar-refractivity contribution in [3.63, 3.8) is 0 Å². The quantitative estimate of drug-likeness (QED) is 0.656. The number of thioether (sulfide) groups is 1. The molecule has 5 nitrogen and oxygen atoms in total. The van der Waals surface area contributed by atoms with Gasteiger partial charge in [0.15, 0.2) is 15.0 Å². The lowest BCUT2D eigenvalue weighted by molar-refractivity contribution is -0.117. The SMILES string of the molecule is CCc1cccc(CC)c1N1C(=NC(=O)CCc2ccccc2)SC2CS(=O)(=O)CC21. The molecule has 0 aromatic heterocycles. The largest absolute Gasteiger partial charge is 0.315 e. The Kier molecular flexibility index (Phi) is 6.53. The van der Waals surface area contributed by atoms with Gasteiger partial charge in [-0.3, -0.25) is 4.79 Å². The van der Waals surface area contributed by atoms with Crippen molar-refractivity contribution >= 4 is 38.4 Å². The van der Waals surface area contributed by atoms with E-state index in [1.807, 2.05) is 30.3 Å². The molecule has 2 aromatic carbocycles. The first-order chi connectivity index (χ1) is 14.9. The molecule has 2 aliphatic rings. The van der Waals surface area contributed by atoms with Crippen LogP contribution >= 0.6 is 11.8 Å². The molecule has 0 spiro atoms. The molecule has 1 amide bonds. The van der Waals surface area contributed by atoms with Crippen LogP contribution < -0.4 is 4.90 Å². The Balaban J connectivity index is 1.67. The molecular weight excluding hydrogens is 428 g/mol. The van der Waals surface area contributed by atoms with E-state index in [0.717, 1.165) is 35.2 Å². The molecule has 0 saturated carbocycles. The second-order valence-corrected chi connectivity index (χ2v) is 11.4. The number of sulfone groups is 1. The Bertz CT molecular complexity index is 1070. The minimum absolute atomic E-state index is 0.0831. The molecule has 2 fully saturated rings. The number of benzene rings is 2. The summed E-state index contributed by atoms with van der Waals surface area (Å²) in [5.41, 5.74) is 4.47. The van der Waals surface area contributed by atoms with Crippen LogP contribution in [0.4, 0.5) is 5.69 Å². The molecule has 2 aliphatic heterocycles. The zero-order valence-electron chi connectivity index (χ0n) is 18.0. The first-order valence-corrected chi connectivity index (χ1v) is 13.5. The number of amidine groups is 1. The van der Waals surface area contributed by atoms with Gasteiger partial charge in [0.05, 0.1) is 17.5 Å². The molecule has 2 heterocycles. The number of hydrogen-bond acceptors (Lipinski definition) is 4. The maximum absolute atomic E-state index is 12.8. The summed E-state index contributed by atoms with van der Waals surface area (Å²) < 4.78 is 24.7. The minimum atomic E-state index is -3.09. The van der Waals surface area contributed by atoms with Gasteiger partial charge in [0.2, 0.25) is 5.91 Å². The molecule has 0 aliphatic carbocycles. The second kappa shape index (κ2) is 9.17. The van der Waals surface area contributed by atoms with Crippen molar-refractivity contribution in [2.24, 2.45) is 4.99 Å². The first kappa shape index (κ1) is 22.1. The van der Waals surface area contributed by atoms with Crippen LogP contribution in [0.1, 0.15) is 37.0 Å². The summed E-state index contributed by atoms with van der Waals surface area (Å²) in [5, 5.41) is 0.568. The van der Waals surface area contributed by atoms with Crippen LogP contribution in [-0.4, -0.2) is 42.3 Å². The molecule has 2 atom stereocenters. The van der Waals surface area contributed by atoms with Crippen LogP contribution in [0.5, 0.6) is 0 Å². The maximum atomic E-state index is 12.8. The lowest BCUT2D eigenvalue weighted by Crippen LogP contribution is -2.39. The molecule has 0 bridgehead atoms. The van der Waals surface area contributed by atoms with Crippen LogP contribution in [0.2, 0.25) is 0 Å². The van der Waals surface area contributed by atoms with E-state index in [9.17, 15) is 13.2 Å². The molecule has 2 unspecified atom stereocenters. The molecule has 4 rings (SSSR count). The Hall–Kier alpha value is -2.12.